The Morgan fingerprint density at radius 1 is 1.33 bits per heavy atom. The number of nitrogens with one attached hydrogen (secondary N) is 1. The average molecular weight is 194 g/mol. The molecule has 0 unspecified atom stereocenters. The van der Waals surface area contributed by atoms with E-state index in [1.165, 1.54) is 0 Å². The molecule has 0 fully saturated rings. The summed E-state index contributed by atoms with van der Waals surface area (Å²) in [5, 5.41) is 9.75. The van der Waals surface area contributed by atoms with Gasteiger partial charge in [-0.05, 0) is 12.1 Å². The molecular formula is C11H6N4. The lowest BCUT2D eigenvalue weighted by Crippen LogP contribution is -1.82. The molecule has 70 valence electrons. The first-order chi connectivity index (χ1) is 7.38. The van der Waals surface area contributed by atoms with Crippen molar-refractivity contribution in [3.8, 4) is 6.07 Å². The van der Waals surface area contributed by atoms with E-state index in [0.29, 0.717) is 5.69 Å². The van der Waals surface area contributed by atoms with E-state index in [-0.39, 0.29) is 0 Å². The Morgan fingerprint density at radius 3 is 3.13 bits per heavy atom. The van der Waals surface area contributed by atoms with Crippen molar-refractivity contribution in [1.29, 1.82) is 5.26 Å². The van der Waals surface area contributed by atoms with E-state index in [1.807, 2.05) is 12.1 Å². The number of pyridine rings is 2. The first-order valence-corrected chi connectivity index (χ1v) is 4.51. The van der Waals surface area contributed by atoms with Gasteiger partial charge in [-0.25, -0.2) is 0 Å². The van der Waals surface area contributed by atoms with E-state index in [0.717, 1.165) is 21.9 Å². The zero-order valence-corrected chi connectivity index (χ0v) is 7.73. The van der Waals surface area contributed by atoms with Gasteiger partial charge in [0.1, 0.15) is 11.8 Å². The first kappa shape index (κ1) is 7.94. The van der Waals surface area contributed by atoms with E-state index in [9.17, 15) is 0 Å². The minimum atomic E-state index is 0.510. The summed E-state index contributed by atoms with van der Waals surface area (Å²) >= 11 is 0. The summed E-state index contributed by atoms with van der Waals surface area (Å²) in [5.74, 6) is 0. The number of H-pyrrole nitrogens is 1. The number of nitriles is 1. The third-order valence-corrected chi connectivity index (χ3v) is 2.34. The van der Waals surface area contributed by atoms with Crippen LogP contribution in [0.25, 0.3) is 21.9 Å². The molecule has 4 nitrogen and oxygen atoms in total. The van der Waals surface area contributed by atoms with Crippen LogP contribution in [0.15, 0.2) is 30.6 Å². The molecule has 0 saturated carbocycles. The van der Waals surface area contributed by atoms with Crippen LogP contribution < -0.4 is 0 Å². The summed E-state index contributed by atoms with van der Waals surface area (Å²) in [6, 6.07) is 7.59. The standard InChI is InChI=1S/C11H6N4/c12-5-8-4-9-11(15-8)10-7(6-14-9)2-1-3-13-10/h1-4,6,15H. The second-order valence-electron chi connectivity index (χ2n) is 3.25. The van der Waals surface area contributed by atoms with Gasteiger partial charge in [0, 0.05) is 23.8 Å². The van der Waals surface area contributed by atoms with Gasteiger partial charge in [-0.3, -0.25) is 9.97 Å². The van der Waals surface area contributed by atoms with Gasteiger partial charge in [0.2, 0.25) is 0 Å². The van der Waals surface area contributed by atoms with Gasteiger partial charge in [-0.1, -0.05) is 0 Å². The Morgan fingerprint density at radius 2 is 2.27 bits per heavy atom. The molecule has 3 aromatic rings. The highest BCUT2D eigenvalue weighted by Crippen LogP contribution is 2.20. The molecule has 15 heavy (non-hydrogen) atoms. The number of rotatable bonds is 0. The summed E-state index contributed by atoms with van der Waals surface area (Å²) in [4.78, 5) is 11.5. The van der Waals surface area contributed by atoms with Crippen molar-refractivity contribution in [1.82, 2.24) is 15.0 Å². The number of aromatic amines is 1. The Hall–Kier alpha value is -2.41. The molecule has 0 aromatic carbocycles. The molecule has 3 heterocycles. The molecule has 3 rings (SSSR count). The Balaban J connectivity index is 2.54. The summed E-state index contributed by atoms with van der Waals surface area (Å²) in [6.45, 7) is 0. The van der Waals surface area contributed by atoms with Crippen LogP contribution in [0.5, 0.6) is 0 Å². The maximum absolute atomic E-state index is 8.78. The van der Waals surface area contributed by atoms with E-state index >= 15 is 0 Å². The normalized spacial score (nSPS) is 10.6. The summed E-state index contributed by atoms with van der Waals surface area (Å²) in [5.41, 5.74) is 2.96. The van der Waals surface area contributed by atoms with E-state index in [1.54, 1.807) is 18.5 Å². The smallest absolute Gasteiger partial charge is 0.120 e. The second-order valence-corrected chi connectivity index (χ2v) is 3.25. The fraction of sp³-hybridized carbons (Fsp3) is 0. The highest BCUT2D eigenvalue weighted by atomic mass is 14.8. The number of nitrogens with zero attached hydrogens (tertiary/aromatic N) is 3. The molecule has 0 aliphatic carbocycles. The van der Waals surface area contributed by atoms with Crippen molar-refractivity contribution in [2.45, 2.75) is 0 Å². The van der Waals surface area contributed by atoms with E-state index in [4.69, 9.17) is 5.26 Å². The van der Waals surface area contributed by atoms with Gasteiger partial charge in [0.05, 0.1) is 16.6 Å². The number of fused-ring (bicyclic) bond motifs is 3. The summed E-state index contributed by atoms with van der Waals surface area (Å²) in [6.07, 6.45) is 3.49. The molecule has 0 bridgehead atoms. The van der Waals surface area contributed by atoms with Crippen molar-refractivity contribution in [2.75, 3.05) is 0 Å². The molecule has 0 aliphatic heterocycles. The minimum absolute atomic E-state index is 0.510. The lowest BCUT2D eigenvalue weighted by molar-refractivity contribution is 1.35. The fourth-order valence-electron chi connectivity index (χ4n) is 1.66. The third kappa shape index (κ3) is 1.07. The lowest BCUT2D eigenvalue weighted by atomic mass is 10.2. The zero-order chi connectivity index (χ0) is 10.3. The Kier molecular flexibility index (Phi) is 1.48. The maximum Gasteiger partial charge on any atom is 0.120 e. The minimum Gasteiger partial charge on any atom is -0.343 e. The van der Waals surface area contributed by atoms with Gasteiger partial charge >= 0.3 is 0 Å². The zero-order valence-electron chi connectivity index (χ0n) is 7.73. The fourth-order valence-corrected chi connectivity index (χ4v) is 1.66. The number of hydrogen-bond acceptors (Lipinski definition) is 3. The Labute approximate surface area is 85.2 Å². The van der Waals surface area contributed by atoms with Crippen LogP contribution in [-0.4, -0.2) is 15.0 Å². The van der Waals surface area contributed by atoms with Crippen LogP contribution in [0.4, 0.5) is 0 Å². The molecule has 1 N–H and O–H groups in total. The SMILES string of the molecule is N#Cc1cc2ncc3cccnc3c2[nH]1. The van der Waals surface area contributed by atoms with E-state index in [2.05, 4.69) is 21.0 Å². The van der Waals surface area contributed by atoms with Crippen LogP contribution in [0, 0.1) is 11.3 Å². The van der Waals surface area contributed by atoms with Crippen molar-refractivity contribution >= 4 is 21.9 Å². The summed E-state index contributed by atoms with van der Waals surface area (Å²) in [7, 11) is 0. The van der Waals surface area contributed by atoms with Crippen LogP contribution in [-0.2, 0) is 0 Å². The van der Waals surface area contributed by atoms with Crippen molar-refractivity contribution < 1.29 is 0 Å². The van der Waals surface area contributed by atoms with Crippen LogP contribution in [0.3, 0.4) is 0 Å². The number of hydrogen-bond donors (Lipinski definition) is 1. The van der Waals surface area contributed by atoms with E-state index < -0.39 is 0 Å². The molecule has 0 atom stereocenters. The molecule has 0 amide bonds. The van der Waals surface area contributed by atoms with Crippen molar-refractivity contribution in [2.24, 2.45) is 0 Å². The monoisotopic (exact) mass is 194 g/mol. The Bertz CT molecular complexity index is 690. The van der Waals surface area contributed by atoms with Crippen LogP contribution >= 0.6 is 0 Å². The van der Waals surface area contributed by atoms with Gasteiger partial charge in [-0.15, -0.1) is 0 Å². The molecule has 4 heteroatoms. The highest BCUT2D eigenvalue weighted by Gasteiger charge is 2.05. The van der Waals surface area contributed by atoms with Gasteiger partial charge in [-0.2, -0.15) is 5.26 Å². The largest absolute Gasteiger partial charge is 0.343 e. The quantitative estimate of drug-likeness (QED) is 0.595. The molecule has 0 aliphatic rings. The molecule has 0 spiro atoms. The summed E-state index contributed by atoms with van der Waals surface area (Å²) < 4.78 is 0. The molecule has 0 radical (unpaired) electrons. The topological polar surface area (TPSA) is 65.4 Å². The van der Waals surface area contributed by atoms with Crippen molar-refractivity contribution in [3.63, 3.8) is 0 Å². The maximum atomic E-state index is 8.78. The predicted molar refractivity (Wildman–Crippen MR) is 56.1 cm³/mol. The van der Waals surface area contributed by atoms with Gasteiger partial charge in [0.15, 0.2) is 0 Å². The first-order valence-electron chi connectivity index (χ1n) is 4.51. The predicted octanol–water partition coefficient (Wildman–Crippen LogP) is 1.98. The lowest BCUT2D eigenvalue weighted by Gasteiger charge is -1.96. The molecular weight excluding hydrogens is 188 g/mol. The van der Waals surface area contributed by atoms with Gasteiger partial charge in [0.25, 0.3) is 0 Å². The third-order valence-electron chi connectivity index (χ3n) is 2.34. The van der Waals surface area contributed by atoms with Crippen LogP contribution in [0.1, 0.15) is 5.69 Å². The molecule has 0 saturated heterocycles. The highest BCUT2D eigenvalue weighted by molar-refractivity contribution is 6.00. The molecule has 3 aromatic heterocycles. The van der Waals surface area contributed by atoms with Crippen molar-refractivity contribution in [3.05, 3.63) is 36.3 Å². The van der Waals surface area contributed by atoms with Gasteiger partial charge < -0.3 is 4.98 Å². The second kappa shape index (κ2) is 2.79. The number of aromatic nitrogens is 3. The average Bonchev–Trinajstić information content (AvgIpc) is 2.72. The van der Waals surface area contributed by atoms with Crippen LogP contribution in [0.2, 0.25) is 0 Å².